The van der Waals surface area contributed by atoms with E-state index in [4.69, 9.17) is 0 Å². The van der Waals surface area contributed by atoms with Crippen molar-refractivity contribution in [2.75, 3.05) is 0 Å². The molecule has 2 aromatic rings. The molecule has 3 unspecified atom stereocenters. The lowest BCUT2D eigenvalue weighted by molar-refractivity contribution is 0.128. The molecule has 1 aromatic heterocycles. The van der Waals surface area contributed by atoms with E-state index in [0.29, 0.717) is 5.56 Å². The molecule has 0 saturated carbocycles. The van der Waals surface area contributed by atoms with Gasteiger partial charge in [0.05, 0.1) is 6.10 Å². The molecule has 0 aliphatic heterocycles. The van der Waals surface area contributed by atoms with Gasteiger partial charge in [-0.15, -0.1) is 11.3 Å². The first kappa shape index (κ1) is 16.1. The van der Waals surface area contributed by atoms with Crippen LogP contribution in [0.25, 0.3) is 0 Å². The molecule has 1 aromatic carbocycles. The largest absolute Gasteiger partial charge is 0.387 e. The molecule has 0 aliphatic rings. The van der Waals surface area contributed by atoms with Gasteiger partial charge >= 0.3 is 0 Å². The summed E-state index contributed by atoms with van der Waals surface area (Å²) in [6.07, 6.45) is -0.0101. The van der Waals surface area contributed by atoms with Crippen LogP contribution in [-0.4, -0.2) is 11.1 Å². The third-order valence-electron chi connectivity index (χ3n) is 3.52. The average molecular weight is 311 g/mol. The van der Waals surface area contributed by atoms with Crippen molar-refractivity contribution < 1.29 is 13.9 Å². The maximum atomic E-state index is 13.3. The van der Waals surface area contributed by atoms with Gasteiger partial charge in [0.25, 0.3) is 0 Å². The highest BCUT2D eigenvalue weighted by atomic mass is 32.1. The summed E-state index contributed by atoms with van der Waals surface area (Å²) in [6.45, 7) is 3.90. The van der Waals surface area contributed by atoms with E-state index >= 15 is 0 Å². The van der Waals surface area contributed by atoms with Crippen molar-refractivity contribution in [2.45, 2.75) is 38.5 Å². The van der Waals surface area contributed by atoms with Crippen LogP contribution in [0.4, 0.5) is 8.78 Å². The molecule has 3 atom stereocenters. The Morgan fingerprint density at radius 1 is 1.24 bits per heavy atom. The number of thiophene rings is 1. The van der Waals surface area contributed by atoms with E-state index in [1.807, 2.05) is 24.4 Å². The molecule has 0 saturated heterocycles. The van der Waals surface area contributed by atoms with Gasteiger partial charge in [0.15, 0.2) is 11.6 Å². The quantitative estimate of drug-likeness (QED) is 0.838. The molecule has 21 heavy (non-hydrogen) atoms. The second-order valence-corrected chi connectivity index (χ2v) is 6.03. The van der Waals surface area contributed by atoms with E-state index in [1.54, 1.807) is 11.3 Å². The topological polar surface area (TPSA) is 32.3 Å². The number of rotatable bonds is 6. The summed E-state index contributed by atoms with van der Waals surface area (Å²) in [5, 5.41) is 15.7. The first-order valence-corrected chi connectivity index (χ1v) is 7.83. The van der Waals surface area contributed by atoms with Crippen LogP contribution < -0.4 is 5.32 Å². The third kappa shape index (κ3) is 3.87. The van der Waals surface area contributed by atoms with Crippen molar-refractivity contribution in [3.8, 4) is 0 Å². The summed E-state index contributed by atoms with van der Waals surface area (Å²) < 4.78 is 26.2. The van der Waals surface area contributed by atoms with Crippen molar-refractivity contribution in [1.29, 1.82) is 0 Å². The zero-order valence-electron chi connectivity index (χ0n) is 12.0. The SMILES string of the molecule is CCC(NC(C)C(O)c1ccc(F)c(F)c1)c1cccs1. The zero-order valence-corrected chi connectivity index (χ0v) is 12.8. The maximum Gasteiger partial charge on any atom is 0.159 e. The summed E-state index contributed by atoms with van der Waals surface area (Å²) in [5.41, 5.74) is 0.370. The van der Waals surface area contributed by atoms with Crippen molar-refractivity contribution in [3.63, 3.8) is 0 Å². The Hall–Kier alpha value is -1.30. The molecule has 0 fully saturated rings. The Balaban J connectivity index is 2.07. The van der Waals surface area contributed by atoms with Crippen LogP contribution in [0.2, 0.25) is 0 Å². The van der Waals surface area contributed by atoms with E-state index < -0.39 is 17.7 Å². The first-order chi connectivity index (χ1) is 10.0. The normalized spacial score (nSPS) is 15.7. The Morgan fingerprint density at radius 2 is 2.00 bits per heavy atom. The highest BCUT2D eigenvalue weighted by Gasteiger charge is 2.21. The minimum atomic E-state index is -0.941. The van der Waals surface area contributed by atoms with E-state index in [-0.39, 0.29) is 12.1 Å². The summed E-state index contributed by atoms with van der Waals surface area (Å²) in [6, 6.07) is 7.39. The molecule has 1 heterocycles. The van der Waals surface area contributed by atoms with Crippen LogP contribution in [-0.2, 0) is 0 Å². The fourth-order valence-corrected chi connectivity index (χ4v) is 3.15. The lowest BCUT2D eigenvalue weighted by Crippen LogP contribution is -2.35. The van der Waals surface area contributed by atoms with Gasteiger partial charge in [-0.25, -0.2) is 8.78 Å². The average Bonchev–Trinajstić information content (AvgIpc) is 3.00. The second-order valence-electron chi connectivity index (χ2n) is 5.05. The molecule has 2 rings (SSSR count). The second kappa shape index (κ2) is 7.11. The number of benzene rings is 1. The molecule has 0 bridgehead atoms. The third-order valence-corrected chi connectivity index (χ3v) is 4.50. The van der Waals surface area contributed by atoms with Gasteiger partial charge < -0.3 is 10.4 Å². The van der Waals surface area contributed by atoms with Crippen molar-refractivity contribution in [3.05, 3.63) is 57.8 Å². The zero-order chi connectivity index (χ0) is 15.4. The summed E-state index contributed by atoms with van der Waals surface area (Å²) in [4.78, 5) is 1.20. The van der Waals surface area contributed by atoms with Crippen molar-refractivity contribution in [2.24, 2.45) is 0 Å². The predicted octanol–water partition coefficient (Wildman–Crippen LogP) is 4.19. The fourth-order valence-electron chi connectivity index (χ4n) is 2.28. The van der Waals surface area contributed by atoms with Gasteiger partial charge in [-0.1, -0.05) is 19.1 Å². The summed E-state index contributed by atoms with van der Waals surface area (Å²) >= 11 is 1.66. The van der Waals surface area contributed by atoms with Gasteiger partial charge in [-0.2, -0.15) is 0 Å². The molecule has 2 nitrogen and oxygen atoms in total. The number of hydrogen-bond donors (Lipinski definition) is 2. The smallest absolute Gasteiger partial charge is 0.159 e. The Labute approximate surface area is 127 Å². The van der Waals surface area contributed by atoms with Crippen LogP contribution in [0.1, 0.15) is 42.9 Å². The molecular weight excluding hydrogens is 292 g/mol. The Kier molecular flexibility index (Phi) is 5.45. The number of nitrogens with one attached hydrogen (secondary N) is 1. The standard InChI is InChI=1S/C16H19F2NOS/c1-3-14(15-5-4-8-21-15)19-10(2)16(20)11-6-7-12(17)13(18)9-11/h4-10,14,16,19-20H,3H2,1-2H3. The minimum Gasteiger partial charge on any atom is -0.387 e. The number of aliphatic hydroxyl groups is 1. The minimum absolute atomic E-state index is 0.139. The molecule has 5 heteroatoms. The van der Waals surface area contributed by atoms with Crippen LogP contribution in [0, 0.1) is 11.6 Å². The van der Waals surface area contributed by atoms with E-state index in [2.05, 4.69) is 12.2 Å². The molecule has 0 spiro atoms. The molecule has 114 valence electrons. The predicted molar refractivity (Wildman–Crippen MR) is 81.3 cm³/mol. The van der Waals surface area contributed by atoms with Gasteiger partial charge in [0.1, 0.15) is 0 Å². The summed E-state index contributed by atoms with van der Waals surface area (Å²) in [7, 11) is 0. The number of hydrogen-bond acceptors (Lipinski definition) is 3. The Bertz CT molecular complexity index is 574. The van der Waals surface area contributed by atoms with Crippen molar-refractivity contribution >= 4 is 11.3 Å². The number of aliphatic hydroxyl groups excluding tert-OH is 1. The fraction of sp³-hybridized carbons (Fsp3) is 0.375. The first-order valence-electron chi connectivity index (χ1n) is 6.95. The van der Waals surface area contributed by atoms with E-state index in [1.165, 1.54) is 10.9 Å². The Morgan fingerprint density at radius 3 is 2.57 bits per heavy atom. The van der Waals surface area contributed by atoms with E-state index in [9.17, 15) is 13.9 Å². The number of halogens is 2. The summed E-state index contributed by atoms with van der Waals surface area (Å²) in [5.74, 6) is -1.85. The van der Waals surface area contributed by atoms with Crippen LogP contribution >= 0.6 is 11.3 Å². The maximum absolute atomic E-state index is 13.3. The lowest BCUT2D eigenvalue weighted by atomic mass is 10.0. The van der Waals surface area contributed by atoms with E-state index in [0.717, 1.165) is 18.6 Å². The van der Waals surface area contributed by atoms with Gasteiger partial charge in [0.2, 0.25) is 0 Å². The molecule has 2 N–H and O–H groups in total. The molecule has 0 amide bonds. The highest BCUT2D eigenvalue weighted by molar-refractivity contribution is 7.10. The molecule has 0 aliphatic carbocycles. The van der Waals surface area contributed by atoms with Crippen molar-refractivity contribution in [1.82, 2.24) is 5.32 Å². The van der Waals surface area contributed by atoms with Crippen LogP contribution in [0.5, 0.6) is 0 Å². The van der Waals surface area contributed by atoms with Crippen LogP contribution in [0.3, 0.4) is 0 Å². The molecular formula is C16H19F2NOS. The van der Waals surface area contributed by atoms with Gasteiger partial charge in [-0.05, 0) is 42.5 Å². The molecule has 0 radical (unpaired) electrons. The highest BCUT2D eigenvalue weighted by Crippen LogP contribution is 2.25. The lowest BCUT2D eigenvalue weighted by Gasteiger charge is -2.25. The van der Waals surface area contributed by atoms with Crippen LogP contribution in [0.15, 0.2) is 35.7 Å². The monoisotopic (exact) mass is 311 g/mol. The van der Waals surface area contributed by atoms with Gasteiger partial charge in [-0.3, -0.25) is 0 Å². The van der Waals surface area contributed by atoms with Gasteiger partial charge in [0, 0.05) is 17.0 Å².